The molecule has 10 heteroatoms. The van der Waals surface area contributed by atoms with Crippen molar-refractivity contribution in [2.45, 2.75) is 50.1 Å². The van der Waals surface area contributed by atoms with Gasteiger partial charge in [-0.05, 0) is 41.8 Å². The predicted octanol–water partition coefficient (Wildman–Crippen LogP) is 4.03. The van der Waals surface area contributed by atoms with Crippen molar-refractivity contribution in [2.75, 3.05) is 39.5 Å². The molecule has 43 heavy (non-hydrogen) atoms. The number of carbonyl (C=O) groups is 2. The summed E-state index contributed by atoms with van der Waals surface area (Å²) in [5, 5.41) is 3.04. The SMILES string of the molecule is CCCCCNC(=O)[C@@H](Cc1ccccc1)N(Cc1ccccc1)C(=O)COc1ccc(S(=O)(=O)N2CCOCC2)cc1. The Morgan fingerprint density at radius 1 is 0.907 bits per heavy atom. The minimum absolute atomic E-state index is 0.154. The maximum absolute atomic E-state index is 13.8. The summed E-state index contributed by atoms with van der Waals surface area (Å²) >= 11 is 0. The summed E-state index contributed by atoms with van der Waals surface area (Å²) in [6.45, 7) is 3.92. The molecule has 0 bridgehead atoms. The number of benzene rings is 3. The number of amides is 2. The Balaban J connectivity index is 1.51. The number of sulfonamides is 1. The second kappa shape index (κ2) is 16.2. The molecule has 2 amide bonds. The van der Waals surface area contributed by atoms with Crippen molar-refractivity contribution >= 4 is 21.8 Å². The lowest BCUT2D eigenvalue weighted by Gasteiger charge is -2.31. The number of carbonyl (C=O) groups excluding carboxylic acids is 2. The lowest BCUT2D eigenvalue weighted by atomic mass is 10.0. The van der Waals surface area contributed by atoms with E-state index in [-0.39, 0.29) is 29.9 Å². The van der Waals surface area contributed by atoms with Gasteiger partial charge in [-0.1, -0.05) is 80.4 Å². The molecular formula is C33H41N3O6S. The molecule has 1 aliphatic rings. The van der Waals surface area contributed by atoms with Gasteiger partial charge in [-0.2, -0.15) is 4.31 Å². The van der Waals surface area contributed by atoms with Crippen LogP contribution in [0.5, 0.6) is 5.75 Å². The molecule has 1 N–H and O–H groups in total. The molecule has 1 aliphatic heterocycles. The minimum Gasteiger partial charge on any atom is -0.484 e. The van der Waals surface area contributed by atoms with Crippen molar-refractivity contribution in [3.63, 3.8) is 0 Å². The van der Waals surface area contributed by atoms with Crippen molar-refractivity contribution in [3.8, 4) is 5.75 Å². The van der Waals surface area contributed by atoms with Crippen LogP contribution in [0.1, 0.15) is 37.3 Å². The lowest BCUT2D eigenvalue weighted by Crippen LogP contribution is -2.51. The summed E-state index contributed by atoms with van der Waals surface area (Å²) in [4.78, 5) is 29.1. The second-order valence-electron chi connectivity index (χ2n) is 10.5. The third-order valence-corrected chi connectivity index (χ3v) is 9.25. The number of nitrogens with one attached hydrogen (secondary N) is 1. The van der Waals surface area contributed by atoms with Gasteiger partial charge in [0, 0.05) is 32.6 Å². The van der Waals surface area contributed by atoms with Crippen LogP contribution in [0.3, 0.4) is 0 Å². The van der Waals surface area contributed by atoms with E-state index in [1.807, 2.05) is 60.7 Å². The highest BCUT2D eigenvalue weighted by molar-refractivity contribution is 7.89. The first kappa shape index (κ1) is 32.2. The van der Waals surface area contributed by atoms with Gasteiger partial charge in [-0.3, -0.25) is 9.59 Å². The maximum atomic E-state index is 13.8. The van der Waals surface area contributed by atoms with Gasteiger partial charge in [0.2, 0.25) is 15.9 Å². The van der Waals surface area contributed by atoms with E-state index in [2.05, 4.69) is 12.2 Å². The molecule has 9 nitrogen and oxygen atoms in total. The zero-order valence-electron chi connectivity index (χ0n) is 24.7. The lowest BCUT2D eigenvalue weighted by molar-refractivity contribution is -0.142. The molecule has 3 aromatic rings. The van der Waals surface area contributed by atoms with Crippen LogP contribution in [0.4, 0.5) is 0 Å². The molecular weight excluding hydrogens is 566 g/mol. The van der Waals surface area contributed by atoms with Gasteiger partial charge in [0.25, 0.3) is 5.91 Å². The van der Waals surface area contributed by atoms with E-state index in [9.17, 15) is 18.0 Å². The van der Waals surface area contributed by atoms with Crippen LogP contribution in [-0.2, 0) is 37.3 Å². The molecule has 3 aromatic carbocycles. The molecule has 230 valence electrons. The van der Waals surface area contributed by atoms with Crippen molar-refractivity contribution in [2.24, 2.45) is 0 Å². The van der Waals surface area contributed by atoms with E-state index in [0.717, 1.165) is 30.4 Å². The number of nitrogens with zero attached hydrogens (tertiary/aromatic N) is 2. The zero-order chi connectivity index (χ0) is 30.5. The zero-order valence-corrected chi connectivity index (χ0v) is 25.5. The Morgan fingerprint density at radius 3 is 2.16 bits per heavy atom. The van der Waals surface area contributed by atoms with Gasteiger partial charge < -0.3 is 19.7 Å². The number of hydrogen-bond donors (Lipinski definition) is 1. The highest BCUT2D eigenvalue weighted by Crippen LogP contribution is 2.21. The predicted molar refractivity (Wildman–Crippen MR) is 165 cm³/mol. The summed E-state index contributed by atoms with van der Waals surface area (Å²) in [6, 6.07) is 24.5. The van der Waals surface area contributed by atoms with Crippen LogP contribution in [0.25, 0.3) is 0 Å². The van der Waals surface area contributed by atoms with Crippen molar-refractivity contribution < 1.29 is 27.5 Å². The van der Waals surface area contributed by atoms with E-state index < -0.39 is 16.1 Å². The first-order chi connectivity index (χ1) is 20.9. The van der Waals surface area contributed by atoms with E-state index >= 15 is 0 Å². The highest BCUT2D eigenvalue weighted by Gasteiger charge is 2.31. The van der Waals surface area contributed by atoms with Crippen molar-refractivity contribution in [1.29, 1.82) is 0 Å². The molecule has 1 saturated heterocycles. The monoisotopic (exact) mass is 607 g/mol. The van der Waals surface area contributed by atoms with Gasteiger partial charge in [-0.15, -0.1) is 0 Å². The molecule has 1 fully saturated rings. The Bertz CT molecular complexity index is 1400. The fourth-order valence-corrected chi connectivity index (χ4v) is 6.32. The van der Waals surface area contributed by atoms with Crippen LogP contribution in [0.2, 0.25) is 0 Å². The van der Waals surface area contributed by atoms with Crippen LogP contribution >= 0.6 is 0 Å². The van der Waals surface area contributed by atoms with Crippen molar-refractivity contribution in [3.05, 3.63) is 96.1 Å². The molecule has 0 radical (unpaired) electrons. The summed E-state index contributed by atoms with van der Waals surface area (Å²) < 4.78 is 38.4. The number of unbranched alkanes of at least 4 members (excludes halogenated alkanes) is 2. The van der Waals surface area contributed by atoms with Gasteiger partial charge in [0.1, 0.15) is 11.8 Å². The fraction of sp³-hybridized carbons (Fsp3) is 0.394. The van der Waals surface area contributed by atoms with E-state index in [1.165, 1.54) is 16.4 Å². The maximum Gasteiger partial charge on any atom is 0.261 e. The molecule has 1 heterocycles. The number of morpholine rings is 1. The van der Waals surface area contributed by atoms with E-state index in [4.69, 9.17) is 9.47 Å². The minimum atomic E-state index is -3.64. The van der Waals surface area contributed by atoms with Gasteiger partial charge >= 0.3 is 0 Å². The average Bonchev–Trinajstić information content (AvgIpc) is 3.05. The molecule has 1 atom stereocenters. The van der Waals surface area contributed by atoms with Gasteiger partial charge in [0.15, 0.2) is 6.61 Å². The van der Waals surface area contributed by atoms with Gasteiger partial charge in [0.05, 0.1) is 18.1 Å². The average molecular weight is 608 g/mol. The normalized spacial score (nSPS) is 14.5. The molecule has 0 unspecified atom stereocenters. The summed E-state index contributed by atoms with van der Waals surface area (Å²) in [5.41, 5.74) is 1.84. The topological polar surface area (TPSA) is 105 Å². The van der Waals surface area contributed by atoms with Crippen LogP contribution < -0.4 is 10.1 Å². The molecule has 0 saturated carbocycles. The standard InChI is InChI=1S/C33H41N3O6S/c1-2-3-10-19-34-33(38)31(24-27-11-6-4-7-12-27)36(25-28-13-8-5-9-14-28)32(37)26-42-29-15-17-30(18-16-29)43(39,40)35-20-22-41-23-21-35/h4-9,11-18,31H,2-3,10,19-26H2,1H3,(H,34,38)/t31-/m1/s1. The largest absolute Gasteiger partial charge is 0.484 e. The number of rotatable bonds is 15. The first-order valence-electron chi connectivity index (χ1n) is 14.8. The quantitative estimate of drug-likeness (QED) is 0.262. The molecule has 0 aliphatic carbocycles. The Morgan fingerprint density at radius 2 is 1.53 bits per heavy atom. The van der Waals surface area contributed by atoms with E-state index in [0.29, 0.717) is 45.0 Å². The summed E-state index contributed by atoms with van der Waals surface area (Å²) in [6.07, 6.45) is 3.27. The third-order valence-electron chi connectivity index (χ3n) is 7.34. The Labute approximate surface area is 254 Å². The highest BCUT2D eigenvalue weighted by atomic mass is 32.2. The Kier molecular flexibility index (Phi) is 12.1. The summed E-state index contributed by atoms with van der Waals surface area (Å²) in [5.74, 6) is -0.196. The van der Waals surface area contributed by atoms with E-state index in [1.54, 1.807) is 17.0 Å². The van der Waals surface area contributed by atoms with Crippen molar-refractivity contribution in [1.82, 2.24) is 14.5 Å². The number of ether oxygens (including phenoxy) is 2. The second-order valence-corrected chi connectivity index (χ2v) is 12.4. The smallest absolute Gasteiger partial charge is 0.261 e. The van der Waals surface area contributed by atoms with Gasteiger partial charge in [-0.25, -0.2) is 8.42 Å². The van der Waals surface area contributed by atoms with Crippen LogP contribution in [0, 0.1) is 0 Å². The Hall–Kier alpha value is -3.73. The van der Waals surface area contributed by atoms with Crippen LogP contribution in [0.15, 0.2) is 89.8 Å². The first-order valence-corrected chi connectivity index (χ1v) is 16.3. The molecule has 0 aromatic heterocycles. The third kappa shape index (κ3) is 9.38. The summed E-state index contributed by atoms with van der Waals surface area (Å²) in [7, 11) is -3.64. The molecule has 0 spiro atoms. The molecule has 4 rings (SSSR count). The fourth-order valence-electron chi connectivity index (χ4n) is 4.91. The number of hydrogen-bond acceptors (Lipinski definition) is 6. The van der Waals surface area contributed by atoms with Crippen LogP contribution in [-0.4, -0.2) is 74.9 Å².